The van der Waals surface area contributed by atoms with E-state index < -0.39 is 11.6 Å². The Hall–Kier alpha value is -2.47. The van der Waals surface area contributed by atoms with Crippen molar-refractivity contribution in [1.82, 2.24) is 9.80 Å². The van der Waals surface area contributed by atoms with Gasteiger partial charge in [0.2, 0.25) is 0 Å². The molecule has 1 saturated heterocycles. The highest BCUT2D eigenvalue weighted by Gasteiger charge is 2.44. The second kappa shape index (κ2) is 13.2. The Kier molecular flexibility index (Phi) is 9.74. The van der Waals surface area contributed by atoms with Gasteiger partial charge in [-0.15, -0.1) is 0 Å². The lowest BCUT2D eigenvalue weighted by atomic mass is 9.94. The number of hydrogen-bond donors (Lipinski definition) is 1. The van der Waals surface area contributed by atoms with Gasteiger partial charge in [-0.25, -0.2) is 13.6 Å². The molecule has 0 radical (unpaired) electrons. The summed E-state index contributed by atoms with van der Waals surface area (Å²) in [5.74, 6) is -0.179. The quantitative estimate of drug-likeness (QED) is 0.395. The number of nitrogens with one attached hydrogen (secondary N) is 1. The summed E-state index contributed by atoms with van der Waals surface area (Å²) in [6.45, 7) is 6.40. The van der Waals surface area contributed by atoms with Crippen molar-refractivity contribution in [1.29, 1.82) is 0 Å². The van der Waals surface area contributed by atoms with Crippen LogP contribution in [0.4, 0.5) is 19.3 Å². The van der Waals surface area contributed by atoms with Gasteiger partial charge in [-0.05, 0) is 107 Å². The van der Waals surface area contributed by atoms with E-state index in [4.69, 9.17) is 0 Å². The predicted octanol–water partition coefficient (Wildman–Crippen LogP) is 7.11. The molecule has 36 heavy (non-hydrogen) atoms. The molecule has 1 N–H and O–H groups in total. The van der Waals surface area contributed by atoms with Crippen molar-refractivity contribution in [3.8, 4) is 0 Å². The molecular weight excluding hydrogens is 456 g/mol. The normalized spacial score (nSPS) is 22.8. The van der Waals surface area contributed by atoms with Crippen LogP contribution in [-0.4, -0.2) is 48.1 Å². The number of aryl methyl sites for hydroxylation is 1. The summed E-state index contributed by atoms with van der Waals surface area (Å²) in [7, 11) is 0. The van der Waals surface area contributed by atoms with Crippen LogP contribution in [0.15, 0.2) is 48.5 Å². The summed E-state index contributed by atoms with van der Waals surface area (Å²) in [6, 6.07) is 14.1. The number of unbranched alkanes of at least 4 members (excludes halogenated alkanes) is 1. The fourth-order valence-electron chi connectivity index (χ4n) is 5.67. The second-order valence-electron chi connectivity index (χ2n) is 10.6. The van der Waals surface area contributed by atoms with Crippen LogP contribution < -0.4 is 5.32 Å². The van der Waals surface area contributed by atoms with Crippen LogP contribution in [0.2, 0.25) is 0 Å². The van der Waals surface area contributed by atoms with E-state index in [1.807, 2.05) is 11.0 Å². The zero-order valence-electron chi connectivity index (χ0n) is 21.6. The first-order valence-electron chi connectivity index (χ1n) is 13.8. The molecule has 6 heteroatoms. The van der Waals surface area contributed by atoms with Crippen LogP contribution in [0.25, 0.3) is 0 Å². The van der Waals surface area contributed by atoms with E-state index >= 15 is 0 Å². The molecule has 196 valence electrons. The summed E-state index contributed by atoms with van der Waals surface area (Å²) in [6.07, 6.45) is 10.5. The molecule has 0 aromatic heterocycles. The van der Waals surface area contributed by atoms with Gasteiger partial charge in [0, 0.05) is 24.3 Å². The van der Waals surface area contributed by atoms with Crippen molar-refractivity contribution in [3.63, 3.8) is 0 Å². The van der Waals surface area contributed by atoms with Crippen molar-refractivity contribution in [2.24, 2.45) is 11.8 Å². The van der Waals surface area contributed by atoms with E-state index in [2.05, 4.69) is 41.4 Å². The monoisotopic (exact) mass is 497 g/mol. The minimum Gasteiger partial charge on any atom is -0.322 e. The Bertz CT molecular complexity index is 964. The number of fused-ring (bicyclic) bond motifs is 1. The van der Waals surface area contributed by atoms with Crippen LogP contribution >= 0.6 is 0 Å². The lowest BCUT2D eigenvalue weighted by Crippen LogP contribution is -2.45. The number of nitrogens with zero attached hydrogens (tertiary/aromatic N) is 2. The molecule has 2 aromatic carbocycles. The number of amides is 2. The smallest absolute Gasteiger partial charge is 0.322 e. The first-order valence-corrected chi connectivity index (χ1v) is 13.8. The number of carbonyl (C=O) groups is 1. The molecule has 4 nitrogen and oxygen atoms in total. The lowest BCUT2D eigenvalue weighted by Gasteiger charge is -2.34. The van der Waals surface area contributed by atoms with Gasteiger partial charge in [0.25, 0.3) is 0 Å². The van der Waals surface area contributed by atoms with Gasteiger partial charge in [0.1, 0.15) is 0 Å². The third-order valence-corrected chi connectivity index (χ3v) is 7.96. The number of anilines is 1. The van der Waals surface area contributed by atoms with Gasteiger partial charge < -0.3 is 15.1 Å². The average molecular weight is 498 g/mol. The molecule has 3 atom stereocenters. The maximum absolute atomic E-state index is 13.5. The molecular formula is C30H41F2N3O. The van der Waals surface area contributed by atoms with E-state index in [0.717, 1.165) is 69.2 Å². The third kappa shape index (κ3) is 7.76. The molecule has 0 spiro atoms. The van der Waals surface area contributed by atoms with Crippen LogP contribution in [0.5, 0.6) is 0 Å². The Morgan fingerprint density at radius 1 is 0.972 bits per heavy atom. The standard InChI is InChI=1S/C22H31F2N3O.C8H10/c23-20-8-6-18(15-21(20)24)25-22(28)27(19-7-5-16-13-17(16)14-19)12-4-3-11-26-9-1-2-10-26;1-2-8-6-4-3-5-7-8/h6,8,15-17,19H,1-5,7,9-14H2,(H,25,28);3-7H,2H2,1H3. The molecule has 2 aromatic rings. The van der Waals surface area contributed by atoms with Crippen molar-refractivity contribution in [2.45, 2.75) is 70.8 Å². The number of hydrogen-bond acceptors (Lipinski definition) is 2. The molecule has 1 heterocycles. The summed E-state index contributed by atoms with van der Waals surface area (Å²) in [4.78, 5) is 17.4. The van der Waals surface area contributed by atoms with Gasteiger partial charge >= 0.3 is 6.03 Å². The van der Waals surface area contributed by atoms with Crippen molar-refractivity contribution >= 4 is 11.7 Å². The SMILES string of the molecule is CCc1ccccc1.O=C(Nc1ccc(F)c(F)c1)N(CCCCN1CCCC1)C1CCC2CC2C1. The highest BCUT2D eigenvalue weighted by atomic mass is 19.2. The molecule has 1 aliphatic heterocycles. The lowest BCUT2D eigenvalue weighted by molar-refractivity contribution is 0.161. The highest BCUT2D eigenvalue weighted by molar-refractivity contribution is 5.89. The van der Waals surface area contributed by atoms with Gasteiger partial charge in [-0.3, -0.25) is 0 Å². The summed E-state index contributed by atoms with van der Waals surface area (Å²) >= 11 is 0. The second-order valence-corrected chi connectivity index (χ2v) is 10.6. The van der Waals surface area contributed by atoms with Crippen LogP contribution in [0.3, 0.4) is 0 Å². The fraction of sp³-hybridized carbons (Fsp3) is 0.567. The number of likely N-dealkylation sites (tertiary alicyclic amines) is 1. The highest BCUT2D eigenvalue weighted by Crippen LogP contribution is 2.50. The molecule has 0 bridgehead atoms. The maximum Gasteiger partial charge on any atom is 0.322 e. The Morgan fingerprint density at radius 2 is 1.75 bits per heavy atom. The topological polar surface area (TPSA) is 35.6 Å². The first kappa shape index (κ1) is 26.6. The molecule has 2 saturated carbocycles. The van der Waals surface area contributed by atoms with E-state index in [-0.39, 0.29) is 12.1 Å². The van der Waals surface area contributed by atoms with Gasteiger partial charge in [0.05, 0.1) is 0 Å². The first-order chi connectivity index (χ1) is 17.5. The van der Waals surface area contributed by atoms with Crippen molar-refractivity contribution < 1.29 is 13.6 Å². The van der Waals surface area contributed by atoms with E-state index in [1.165, 1.54) is 50.4 Å². The third-order valence-electron chi connectivity index (χ3n) is 7.96. The Balaban J connectivity index is 0.000000325. The number of halogens is 2. The summed E-state index contributed by atoms with van der Waals surface area (Å²) < 4.78 is 26.7. The van der Waals surface area contributed by atoms with Crippen molar-refractivity contribution in [3.05, 3.63) is 65.7 Å². The zero-order valence-corrected chi connectivity index (χ0v) is 21.6. The maximum atomic E-state index is 13.5. The van der Waals surface area contributed by atoms with E-state index in [9.17, 15) is 13.6 Å². The number of benzene rings is 2. The largest absolute Gasteiger partial charge is 0.322 e. The van der Waals surface area contributed by atoms with Crippen LogP contribution in [0, 0.1) is 23.5 Å². The molecule has 3 aliphatic rings. The van der Waals surface area contributed by atoms with E-state index in [0.29, 0.717) is 5.69 Å². The summed E-state index contributed by atoms with van der Waals surface area (Å²) in [5.41, 5.74) is 1.72. The van der Waals surface area contributed by atoms with Gasteiger partial charge in [-0.1, -0.05) is 37.3 Å². The van der Waals surface area contributed by atoms with Crippen molar-refractivity contribution in [2.75, 3.05) is 31.5 Å². The molecule has 2 amide bonds. The Labute approximate surface area is 215 Å². The summed E-state index contributed by atoms with van der Waals surface area (Å²) in [5, 5.41) is 2.79. The minimum absolute atomic E-state index is 0.184. The number of urea groups is 1. The van der Waals surface area contributed by atoms with Crippen LogP contribution in [-0.2, 0) is 6.42 Å². The number of rotatable bonds is 8. The molecule has 5 rings (SSSR count). The fourth-order valence-corrected chi connectivity index (χ4v) is 5.67. The zero-order chi connectivity index (χ0) is 25.3. The molecule has 3 fully saturated rings. The minimum atomic E-state index is -0.937. The molecule has 3 unspecified atom stereocenters. The average Bonchev–Trinajstić information content (AvgIpc) is 3.49. The predicted molar refractivity (Wildman–Crippen MR) is 142 cm³/mol. The number of carbonyl (C=O) groups excluding carboxylic acids is 1. The van der Waals surface area contributed by atoms with Crippen LogP contribution in [0.1, 0.15) is 63.9 Å². The van der Waals surface area contributed by atoms with Gasteiger partial charge in [-0.2, -0.15) is 0 Å². The Morgan fingerprint density at radius 3 is 2.42 bits per heavy atom. The van der Waals surface area contributed by atoms with Gasteiger partial charge in [0.15, 0.2) is 11.6 Å². The van der Waals surface area contributed by atoms with E-state index in [1.54, 1.807) is 0 Å². The molecule has 2 aliphatic carbocycles.